The van der Waals surface area contributed by atoms with Crippen LogP contribution in [0.2, 0.25) is 0 Å². The Bertz CT molecular complexity index is 758. The summed E-state index contributed by atoms with van der Waals surface area (Å²) in [7, 11) is 2.78. The van der Waals surface area contributed by atoms with Crippen LogP contribution < -0.4 is 14.8 Å². The molecule has 0 saturated carbocycles. The number of aliphatic hydroxyl groups excluding tert-OH is 1. The van der Waals surface area contributed by atoms with Gasteiger partial charge in [-0.25, -0.2) is 4.79 Å². The first-order valence-corrected chi connectivity index (χ1v) is 8.48. The maximum absolute atomic E-state index is 12.6. The van der Waals surface area contributed by atoms with Crippen LogP contribution in [0.25, 0.3) is 0 Å². The summed E-state index contributed by atoms with van der Waals surface area (Å²) in [5, 5.41) is 12.1. The second-order valence-corrected chi connectivity index (χ2v) is 6.06. The third-order valence-corrected chi connectivity index (χ3v) is 4.29. The number of benzene rings is 1. The molecular weight excluding hydrogens is 356 g/mol. The molecule has 9 heteroatoms. The van der Waals surface area contributed by atoms with Gasteiger partial charge >= 0.3 is 5.97 Å². The first-order valence-electron chi connectivity index (χ1n) is 8.48. The molecule has 27 heavy (non-hydrogen) atoms. The van der Waals surface area contributed by atoms with E-state index >= 15 is 0 Å². The Morgan fingerprint density at radius 1 is 1.33 bits per heavy atom. The maximum Gasteiger partial charge on any atom is 0.337 e. The van der Waals surface area contributed by atoms with Crippen LogP contribution >= 0.6 is 0 Å². The van der Waals surface area contributed by atoms with E-state index in [-0.39, 0.29) is 43.0 Å². The zero-order valence-corrected chi connectivity index (χ0v) is 15.2. The Morgan fingerprint density at radius 2 is 2.11 bits per heavy atom. The average molecular weight is 378 g/mol. The highest BCUT2D eigenvalue weighted by Crippen LogP contribution is 2.33. The number of β-amino-alcohol motifs (C(OH)–C–C–N with tert-alkyl or cyclic N) is 1. The number of nitrogens with one attached hydrogen (secondary N) is 1. The van der Waals surface area contributed by atoms with Gasteiger partial charge in [0.25, 0.3) is 5.91 Å². The predicted molar refractivity (Wildman–Crippen MR) is 94.6 cm³/mol. The lowest BCUT2D eigenvalue weighted by molar-refractivity contribution is -0.136. The van der Waals surface area contributed by atoms with Crippen molar-refractivity contribution in [1.29, 1.82) is 0 Å². The fourth-order valence-corrected chi connectivity index (χ4v) is 2.80. The Kier molecular flexibility index (Phi) is 5.82. The fourth-order valence-electron chi connectivity index (χ4n) is 2.80. The second kappa shape index (κ2) is 8.28. The Morgan fingerprint density at radius 3 is 2.70 bits per heavy atom. The summed E-state index contributed by atoms with van der Waals surface area (Å²) >= 11 is 0. The minimum Gasteiger partial charge on any atom is -0.493 e. The van der Waals surface area contributed by atoms with Gasteiger partial charge in [0.2, 0.25) is 0 Å². The molecule has 2 aliphatic heterocycles. The molecular formula is C18H22N2O7. The van der Waals surface area contributed by atoms with E-state index in [1.54, 1.807) is 18.2 Å². The number of carbonyl (C=O) groups excluding carboxylic acids is 2. The second-order valence-electron chi connectivity index (χ2n) is 6.06. The number of anilines is 1. The summed E-state index contributed by atoms with van der Waals surface area (Å²) in [4.78, 5) is 26.0. The van der Waals surface area contributed by atoms with Crippen LogP contribution in [0, 0.1) is 0 Å². The number of aliphatic hydroxyl groups is 1. The van der Waals surface area contributed by atoms with Crippen molar-refractivity contribution in [3.8, 4) is 11.5 Å². The Hall–Kier alpha value is -2.78. The number of nitrogens with zero attached hydrogens (tertiary/aromatic N) is 1. The number of ether oxygens (including phenoxy) is 4. The highest BCUT2D eigenvalue weighted by atomic mass is 16.6. The van der Waals surface area contributed by atoms with E-state index < -0.39 is 5.97 Å². The van der Waals surface area contributed by atoms with Crippen LogP contribution in [-0.4, -0.2) is 75.1 Å². The smallest absolute Gasteiger partial charge is 0.337 e. The molecule has 1 amide bonds. The summed E-state index contributed by atoms with van der Waals surface area (Å²) in [5.41, 5.74) is 0.889. The monoisotopic (exact) mass is 378 g/mol. The minimum atomic E-state index is -0.594. The van der Waals surface area contributed by atoms with Crippen molar-refractivity contribution < 1.29 is 33.6 Å². The van der Waals surface area contributed by atoms with Crippen molar-refractivity contribution in [1.82, 2.24) is 4.90 Å². The largest absolute Gasteiger partial charge is 0.493 e. The number of amides is 1. The van der Waals surface area contributed by atoms with Crippen LogP contribution in [0.1, 0.15) is 0 Å². The number of hydrogen-bond acceptors (Lipinski definition) is 8. The third-order valence-electron chi connectivity index (χ3n) is 4.29. The zero-order chi connectivity index (χ0) is 19.4. The van der Waals surface area contributed by atoms with Crippen molar-refractivity contribution in [3.05, 3.63) is 29.5 Å². The molecule has 2 heterocycles. The predicted octanol–water partition coefficient (Wildman–Crippen LogP) is 0.146. The maximum atomic E-state index is 12.6. The first-order chi connectivity index (χ1) is 13.1. The van der Waals surface area contributed by atoms with E-state index in [0.29, 0.717) is 30.4 Å². The standard InChI is InChI=1S/C18H22N2O7/c1-24-15-7-11(3-4-14(15)27-12-9-26-10-12)19-16-13(18(23)25-2)8-20(5-6-21)17(16)22/h3-4,7,12,19,21H,5-6,8-10H2,1-2H3. The van der Waals surface area contributed by atoms with Gasteiger partial charge in [-0.1, -0.05) is 0 Å². The summed E-state index contributed by atoms with van der Waals surface area (Å²) in [6.45, 7) is 1.08. The minimum absolute atomic E-state index is 0.00482. The number of hydrogen-bond donors (Lipinski definition) is 2. The molecule has 0 unspecified atom stereocenters. The summed E-state index contributed by atoms with van der Waals surface area (Å²) in [5.74, 6) is 0.0847. The number of esters is 1. The van der Waals surface area contributed by atoms with Gasteiger partial charge in [-0.05, 0) is 12.1 Å². The molecule has 1 fully saturated rings. The van der Waals surface area contributed by atoms with Crippen LogP contribution in [0.3, 0.4) is 0 Å². The molecule has 1 aromatic carbocycles. The zero-order valence-electron chi connectivity index (χ0n) is 15.2. The molecule has 1 aromatic rings. The van der Waals surface area contributed by atoms with Gasteiger partial charge in [0.1, 0.15) is 11.8 Å². The SMILES string of the molecule is COC(=O)C1=C(Nc2ccc(OC3COC3)c(OC)c2)C(=O)N(CCO)C1. The number of carbonyl (C=O) groups is 2. The van der Waals surface area contributed by atoms with Crippen LogP contribution in [-0.2, 0) is 19.1 Å². The third kappa shape index (κ3) is 3.99. The molecule has 0 radical (unpaired) electrons. The van der Waals surface area contributed by atoms with Crippen molar-refractivity contribution in [2.24, 2.45) is 0 Å². The average Bonchev–Trinajstić information content (AvgIpc) is 2.94. The van der Waals surface area contributed by atoms with Gasteiger partial charge in [0.15, 0.2) is 11.5 Å². The van der Waals surface area contributed by atoms with Gasteiger partial charge in [-0.3, -0.25) is 4.79 Å². The van der Waals surface area contributed by atoms with Gasteiger partial charge in [0.05, 0.1) is 46.2 Å². The van der Waals surface area contributed by atoms with Crippen molar-refractivity contribution in [2.45, 2.75) is 6.10 Å². The van der Waals surface area contributed by atoms with Gasteiger partial charge in [-0.15, -0.1) is 0 Å². The van der Waals surface area contributed by atoms with Crippen molar-refractivity contribution in [2.75, 3.05) is 52.4 Å². The Labute approximate surface area is 156 Å². The van der Waals surface area contributed by atoms with Gasteiger partial charge in [-0.2, -0.15) is 0 Å². The van der Waals surface area contributed by atoms with Crippen molar-refractivity contribution in [3.63, 3.8) is 0 Å². The lowest BCUT2D eigenvalue weighted by Crippen LogP contribution is -2.38. The van der Waals surface area contributed by atoms with Crippen molar-refractivity contribution >= 4 is 17.6 Å². The highest BCUT2D eigenvalue weighted by Gasteiger charge is 2.34. The van der Waals surface area contributed by atoms with E-state index in [4.69, 9.17) is 24.1 Å². The molecule has 2 N–H and O–H groups in total. The topological polar surface area (TPSA) is 107 Å². The van der Waals surface area contributed by atoms with E-state index in [1.807, 2.05) is 0 Å². The molecule has 0 aromatic heterocycles. The molecule has 1 saturated heterocycles. The molecule has 0 bridgehead atoms. The molecule has 3 rings (SSSR count). The van der Waals surface area contributed by atoms with Crippen LogP contribution in [0.4, 0.5) is 5.69 Å². The summed E-state index contributed by atoms with van der Waals surface area (Å²) < 4.78 is 21.0. The molecule has 0 atom stereocenters. The molecule has 0 spiro atoms. The normalized spacial score (nSPS) is 17.0. The lowest BCUT2D eigenvalue weighted by atomic mass is 10.2. The van der Waals surface area contributed by atoms with Crippen LogP contribution in [0.5, 0.6) is 11.5 Å². The summed E-state index contributed by atoms with van der Waals surface area (Å²) in [6.07, 6.45) is -0.00482. The van der Waals surface area contributed by atoms with E-state index in [0.717, 1.165) is 0 Å². The first kappa shape index (κ1) is 19.0. The highest BCUT2D eigenvalue weighted by molar-refractivity contribution is 6.08. The molecule has 146 valence electrons. The van der Waals surface area contributed by atoms with E-state index in [2.05, 4.69) is 5.32 Å². The molecule has 9 nitrogen and oxygen atoms in total. The van der Waals surface area contributed by atoms with E-state index in [1.165, 1.54) is 19.1 Å². The lowest BCUT2D eigenvalue weighted by Gasteiger charge is -2.27. The summed E-state index contributed by atoms with van der Waals surface area (Å²) in [6, 6.07) is 5.13. The van der Waals surface area contributed by atoms with Gasteiger partial charge < -0.3 is 34.3 Å². The molecule has 0 aliphatic carbocycles. The fraction of sp³-hybridized carbons (Fsp3) is 0.444. The quantitative estimate of drug-likeness (QED) is 0.616. The van der Waals surface area contributed by atoms with E-state index in [9.17, 15) is 9.59 Å². The van der Waals surface area contributed by atoms with Gasteiger partial charge in [0, 0.05) is 18.3 Å². The Balaban J connectivity index is 1.82. The number of methoxy groups -OCH3 is 2. The van der Waals surface area contributed by atoms with Crippen LogP contribution in [0.15, 0.2) is 29.5 Å². The number of rotatable bonds is 8. The molecule has 2 aliphatic rings.